The molecule has 0 aliphatic carbocycles. The molecule has 174 valence electrons. The Morgan fingerprint density at radius 1 is 1.24 bits per heavy atom. The fourth-order valence-electron chi connectivity index (χ4n) is 3.45. The van der Waals surface area contributed by atoms with Crippen molar-refractivity contribution in [3.05, 3.63) is 63.5 Å². The van der Waals surface area contributed by atoms with Gasteiger partial charge in [-0.05, 0) is 55.3 Å². The van der Waals surface area contributed by atoms with Crippen molar-refractivity contribution in [1.82, 2.24) is 9.29 Å². The molecule has 0 saturated carbocycles. The smallest absolute Gasteiger partial charge is 0.257 e. The SMILES string of the molecule is CN(CC1CCCO1)S(=O)(=O)c1ccc(C(=O)Nc2nc(-c3cc(Cl)ccc3Cl)cs2)cc1. The van der Waals surface area contributed by atoms with Crippen molar-refractivity contribution in [3.8, 4) is 11.3 Å². The third kappa shape index (κ3) is 5.56. The number of anilines is 1. The minimum absolute atomic E-state index is 0.0835. The van der Waals surface area contributed by atoms with E-state index in [-0.39, 0.29) is 11.0 Å². The molecule has 3 aromatic rings. The van der Waals surface area contributed by atoms with Crippen LogP contribution in [0, 0.1) is 0 Å². The molecular formula is C22H21Cl2N3O4S2. The minimum Gasteiger partial charge on any atom is -0.377 e. The molecule has 1 aliphatic heterocycles. The lowest BCUT2D eigenvalue weighted by Crippen LogP contribution is -2.34. The average Bonchev–Trinajstić information content (AvgIpc) is 3.47. The van der Waals surface area contributed by atoms with E-state index in [1.165, 1.54) is 47.0 Å². The van der Waals surface area contributed by atoms with Gasteiger partial charge in [-0.25, -0.2) is 13.4 Å². The Morgan fingerprint density at radius 2 is 2.00 bits per heavy atom. The molecule has 1 aliphatic rings. The van der Waals surface area contributed by atoms with Gasteiger partial charge in [0.25, 0.3) is 5.91 Å². The van der Waals surface area contributed by atoms with Crippen molar-refractivity contribution in [3.63, 3.8) is 0 Å². The molecule has 33 heavy (non-hydrogen) atoms. The van der Waals surface area contributed by atoms with Crippen LogP contribution in [0.3, 0.4) is 0 Å². The van der Waals surface area contributed by atoms with E-state index in [1.54, 1.807) is 23.6 Å². The van der Waals surface area contributed by atoms with Crippen molar-refractivity contribution in [1.29, 1.82) is 0 Å². The summed E-state index contributed by atoms with van der Waals surface area (Å²) in [6.07, 6.45) is 1.70. The highest BCUT2D eigenvalue weighted by molar-refractivity contribution is 7.89. The Kier molecular flexibility index (Phi) is 7.37. The molecule has 0 spiro atoms. The number of nitrogens with zero attached hydrogens (tertiary/aromatic N) is 2. The maximum absolute atomic E-state index is 12.8. The van der Waals surface area contributed by atoms with E-state index in [4.69, 9.17) is 27.9 Å². The number of amides is 1. The van der Waals surface area contributed by atoms with Crippen LogP contribution in [0.4, 0.5) is 5.13 Å². The van der Waals surface area contributed by atoms with E-state index in [0.717, 1.165) is 12.8 Å². The Hall–Kier alpha value is -2.01. The normalized spacial score (nSPS) is 16.3. The molecule has 11 heteroatoms. The molecular weight excluding hydrogens is 505 g/mol. The zero-order valence-electron chi connectivity index (χ0n) is 17.6. The van der Waals surface area contributed by atoms with Crippen LogP contribution in [0.15, 0.2) is 52.7 Å². The number of nitrogens with one attached hydrogen (secondary N) is 1. The number of halogens is 2. The molecule has 1 fully saturated rings. The van der Waals surface area contributed by atoms with Crippen molar-refractivity contribution < 1.29 is 17.9 Å². The number of hydrogen-bond acceptors (Lipinski definition) is 6. The number of ether oxygens (including phenoxy) is 1. The number of carbonyl (C=O) groups excluding carboxylic acids is 1. The number of thiazole rings is 1. The van der Waals surface area contributed by atoms with Gasteiger partial charge in [-0.1, -0.05) is 23.2 Å². The largest absolute Gasteiger partial charge is 0.377 e. The minimum atomic E-state index is -3.67. The van der Waals surface area contributed by atoms with Crippen molar-refractivity contribution in [2.75, 3.05) is 25.5 Å². The molecule has 1 unspecified atom stereocenters. The number of carbonyl (C=O) groups is 1. The average molecular weight is 526 g/mol. The Balaban J connectivity index is 1.43. The van der Waals surface area contributed by atoms with Crippen molar-refractivity contribution >= 4 is 55.6 Å². The van der Waals surface area contributed by atoms with Gasteiger partial charge in [0, 0.05) is 41.7 Å². The molecule has 7 nitrogen and oxygen atoms in total. The van der Waals surface area contributed by atoms with Crippen LogP contribution in [0.5, 0.6) is 0 Å². The van der Waals surface area contributed by atoms with Crippen LogP contribution in [-0.4, -0.2) is 49.9 Å². The topological polar surface area (TPSA) is 88.6 Å². The van der Waals surface area contributed by atoms with Crippen LogP contribution in [0.2, 0.25) is 10.0 Å². The monoisotopic (exact) mass is 525 g/mol. The summed E-state index contributed by atoms with van der Waals surface area (Å²) in [5.41, 5.74) is 1.58. The zero-order chi connectivity index (χ0) is 23.6. The first-order chi connectivity index (χ1) is 15.7. The van der Waals surface area contributed by atoms with Gasteiger partial charge < -0.3 is 4.74 Å². The lowest BCUT2D eigenvalue weighted by Gasteiger charge is -2.20. The van der Waals surface area contributed by atoms with E-state index in [9.17, 15) is 13.2 Å². The van der Waals surface area contributed by atoms with Crippen molar-refractivity contribution in [2.24, 2.45) is 0 Å². The maximum Gasteiger partial charge on any atom is 0.257 e. The standard InChI is InChI=1S/C22H21Cl2N3O4S2/c1-27(12-16-3-2-10-31-16)33(29,30)17-7-4-14(5-8-17)21(28)26-22-25-20(13-32-22)18-11-15(23)6-9-19(18)24/h4-9,11,13,16H,2-3,10,12H2,1H3,(H,25,26,28). The second-order valence-electron chi connectivity index (χ2n) is 7.56. The summed E-state index contributed by atoms with van der Waals surface area (Å²) < 4.78 is 32.5. The number of benzene rings is 2. The van der Waals surface area contributed by atoms with E-state index < -0.39 is 15.9 Å². The summed E-state index contributed by atoms with van der Waals surface area (Å²) in [6, 6.07) is 10.9. The molecule has 2 aromatic carbocycles. The maximum atomic E-state index is 12.8. The van der Waals surface area contributed by atoms with Crippen LogP contribution < -0.4 is 5.32 Å². The molecule has 1 aromatic heterocycles. The summed E-state index contributed by atoms with van der Waals surface area (Å²) in [5, 5.41) is 5.92. The Bertz CT molecular complexity index is 1260. The highest BCUT2D eigenvalue weighted by Gasteiger charge is 2.26. The molecule has 0 radical (unpaired) electrons. The lowest BCUT2D eigenvalue weighted by molar-refractivity contribution is 0.0979. The third-order valence-corrected chi connectivity index (χ3v) is 8.40. The number of likely N-dealkylation sites (N-methyl/N-ethyl adjacent to an activating group) is 1. The van der Waals surface area contributed by atoms with Crippen LogP contribution in [0.1, 0.15) is 23.2 Å². The fourth-order valence-corrected chi connectivity index (χ4v) is 5.74. The van der Waals surface area contributed by atoms with Crippen LogP contribution in [-0.2, 0) is 14.8 Å². The molecule has 4 rings (SSSR count). The highest BCUT2D eigenvalue weighted by Crippen LogP contribution is 2.32. The second-order valence-corrected chi connectivity index (χ2v) is 11.3. The number of sulfonamides is 1. The van der Waals surface area contributed by atoms with Gasteiger partial charge in [0.2, 0.25) is 10.0 Å². The van der Waals surface area contributed by atoms with Gasteiger partial charge in [-0.15, -0.1) is 11.3 Å². The summed E-state index contributed by atoms with van der Waals surface area (Å²) >= 11 is 13.5. The fraction of sp³-hybridized carbons (Fsp3) is 0.273. The highest BCUT2D eigenvalue weighted by atomic mass is 35.5. The van der Waals surface area contributed by atoms with E-state index >= 15 is 0 Å². The quantitative estimate of drug-likeness (QED) is 0.459. The molecule has 1 saturated heterocycles. The van der Waals surface area contributed by atoms with Gasteiger partial charge in [-0.2, -0.15) is 4.31 Å². The van der Waals surface area contributed by atoms with Crippen LogP contribution >= 0.6 is 34.5 Å². The number of aromatic nitrogens is 1. The first-order valence-corrected chi connectivity index (χ1v) is 13.2. The Morgan fingerprint density at radius 3 is 2.70 bits per heavy atom. The predicted octanol–water partition coefficient (Wildman–Crippen LogP) is 5.17. The summed E-state index contributed by atoms with van der Waals surface area (Å²) in [5.74, 6) is -0.398. The number of rotatable bonds is 7. The number of hydrogen-bond donors (Lipinski definition) is 1. The first-order valence-electron chi connectivity index (χ1n) is 10.1. The molecule has 1 N–H and O–H groups in total. The van der Waals surface area contributed by atoms with E-state index in [2.05, 4.69) is 10.3 Å². The predicted molar refractivity (Wildman–Crippen MR) is 131 cm³/mol. The third-order valence-electron chi connectivity index (χ3n) is 5.24. The lowest BCUT2D eigenvalue weighted by atomic mass is 10.2. The first kappa shape index (κ1) is 24.1. The van der Waals surface area contributed by atoms with Gasteiger partial charge in [0.15, 0.2) is 5.13 Å². The van der Waals surface area contributed by atoms with Gasteiger partial charge >= 0.3 is 0 Å². The van der Waals surface area contributed by atoms with Crippen molar-refractivity contribution in [2.45, 2.75) is 23.8 Å². The zero-order valence-corrected chi connectivity index (χ0v) is 20.8. The van der Waals surface area contributed by atoms with Gasteiger partial charge in [0.1, 0.15) is 0 Å². The summed E-state index contributed by atoms with van der Waals surface area (Å²) in [4.78, 5) is 17.2. The van der Waals surface area contributed by atoms with Gasteiger partial charge in [0.05, 0.1) is 21.7 Å². The Labute approximate surface area is 206 Å². The summed E-state index contributed by atoms with van der Waals surface area (Å²) in [7, 11) is -2.14. The van der Waals surface area contributed by atoms with Crippen LogP contribution in [0.25, 0.3) is 11.3 Å². The molecule has 1 amide bonds. The van der Waals surface area contributed by atoms with E-state index in [1.807, 2.05) is 0 Å². The second kappa shape index (κ2) is 10.1. The molecule has 0 bridgehead atoms. The summed E-state index contributed by atoms with van der Waals surface area (Å²) in [6.45, 7) is 0.961. The molecule has 2 heterocycles. The van der Waals surface area contributed by atoms with Gasteiger partial charge in [-0.3, -0.25) is 10.1 Å². The van der Waals surface area contributed by atoms with E-state index in [0.29, 0.717) is 45.1 Å². The molecule has 1 atom stereocenters.